The van der Waals surface area contributed by atoms with Gasteiger partial charge in [0.05, 0.1) is 7.11 Å². The molecule has 17 heavy (non-hydrogen) atoms. The molecule has 5 heteroatoms. The molecule has 1 saturated carbocycles. The summed E-state index contributed by atoms with van der Waals surface area (Å²) in [6.45, 7) is 0. The van der Waals surface area contributed by atoms with E-state index in [1.165, 1.54) is 7.11 Å². The maximum Gasteiger partial charge on any atom is 0.305 e. The van der Waals surface area contributed by atoms with Gasteiger partial charge in [-0.2, -0.15) is 0 Å². The summed E-state index contributed by atoms with van der Waals surface area (Å²) in [5.41, 5.74) is 5.06. The van der Waals surface area contributed by atoms with E-state index in [4.69, 9.17) is 5.73 Å². The zero-order chi connectivity index (χ0) is 12.8. The van der Waals surface area contributed by atoms with Crippen molar-refractivity contribution in [1.29, 1.82) is 0 Å². The third kappa shape index (κ3) is 4.54. The molecule has 1 rings (SSSR count). The first-order chi connectivity index (χ1) is 8.02. The van der Waals surface area contributed by atoms with Crippen LogP contribution in [0.1, 0.15) is 38.5 Å². The minimum Gasteiger partial charge on any atom is -0.469 e. The van der Waals surface area contributed by atoms with E-state index in [1.54, 1.807) is 0 Å². The third-order valence-electron chi connectivity index (χ3n) is 3.30. The molecule has 0 radical (unpaired) electrons. The van der Waals surface area contributed by atoms with Crippen LogP contribution in [0.25, 0.3) is 0 Å². The van der Waals surface area contributed by atoms with Crippen LogP contribution in [-0.4, -0.2) is 24.8 Å². The maximum atomic E-state index is 11.4. The number of Topliss-reactive ketones (excluding diaryl/α,β-unsaturated/α-hetero) is 1. The molecule has 0 aliphatic heterocycles. The molecule has 2 atom stereocenters. The summed E-state index contributed by atoms with van der Waals surface area (Å²) >= 11 is 0. The molecule has 0 heterocycles. The largest absolute Gasteiger partial charge is 0.469 e. The van der Waals surface area contributed by atoms with Gasteiger partial charge in [0.25, 0.3) is 0 Å². The van der Waals surface area contributed by atoms with Crippen LogP contribution in [-0.2, 0) is 19.1 Å². The quantitative estimate of drug-likeness (QED) is 0.697. The molecule has 0 aromatic carbocycles. The molecule has 2 N–H and O–H groups in total. The van der Waals surface area contributed by atoms with Crippen LogP contribution in [0.4, 0.5) is 0 Å². The average molecular weight is 241 g/mol. The van der Waals surface area contributed by atoms with Gasteiger partial charge in [-0.1, -0.05) is 0 Å². The second-order valence-electron chi connectivity index (χ2n) is 4.61. The molecule has 1 amide bonds. The number of methoxy groups -OCH3 is 1. The molecule has 0 aromatic heterocycles. The van der Waals surface area contributed by atoms with Crippen molar-refractivity contribution in [3.8, 4) is 0 Å². The van der Waals surface area contributed by atoms with Gasteiger partial charge in [-0.25, -0.2) is 0 Å². The molecule has 1 fully saturated rings. The second-order valence-corrected chi connectivity index (χ2v) is 4.61. The Balaban J connectivity index is 2.41. The van der Waals surface area contributed by atoms with Crippen LogP contribution < -0.4 is 5.73 Å². The van der Waals surface area contributed by atoms with Crippen molar-refractivity contribution in [3.05, 3.63) is 0 Å². The van der Waals surface area contributed by atoms with Crippen molar-refractivity contribution < 1.29 is 19.1 Å². The lowest BCUT2D eigenvalue weighted by Gasteiger charge is -2.16. The summed E-state index contributed by atoms with van der Waals surface area (Å²) in [6, 6.07) is 0. The highest BCUT2D eigenvalue weighted by molar-refractivity contribution is 5.82. The van der Waals surface area contributed by atoms with Crippen LogP contribution in [0.3, 0.4) is 0 Å². The number of esters is 1. The molecule has 1 aliphatic rings. The molecule has 0 spiro atoms. The normalized spacial score (nSPS) is 23.7. The van der Waals surface area contributed by atoms with Gasteiger partial charge in [-0.05, 0) is 24.7 Å². The van der Waals surface area contributed by atoms with E-state index >= 15 is 0 Å². The first-order valence-corrected chi connectivity index (χ1v) is 5.89. The number of carbonyl (C=O) groups is 3. The molecule has 0 saturated heterocycles. The monoisotopic (exact) mass is 241 g/mol. The van der Waals surface area contributed by atoms with Gasteiger partial charge in [0.2, 0.25) is 5.91 Å². The van der Waals surface area contributed by atoms with E-state index in [2.05, 4.69) is 4.74 Å². The van der Waals surface area contributed by atoms with Gasteiger partial charge >= 0.3 is 5.97 Å². The highest BCUT2D eigenvalue weighted by Gasteiger charge is 2.34. The first kappa shape index (κ1) is 13.7. The predicted molar refractivity (Wildman–Crippen MR) is 60.9 cm³/mol. The highest BCUT2D eigenvalue weighted by atomic mass is 16.5. The molecule has 0 bridgehead atoms. The van der Waals surface area contributed by atoms with Crippen LogP contribution in [0.2, 0.25) is 0 Å². The maximum absolute atomic E-state index is 11.4. The Labute approximate surface area is 101 Å². The minimum absolute atomic E-state index is 0.0721. The number of rotatable bonds is 6. The van der Waals surface area contributed by atoms with Crippen molar-refractivity contribution in [2.75, 3.05) is 7.11 Å². The Bertz CT molecular complexity index is 314. The lowest BCUT2D eigenvalue weighted by molar-refractivity contribution is -0.142. The standard InChI is InChI=1S/C12H19NO4/c1-17-12(16)7-9-6-10(14)5-8(9)3-2-4-11(13)15/h8-9H,2-7H2,1H3,(H2,13,15). The van der Waals surface area contributed by atoms with E-state index in [0.717, 1.165) is 6.42 Å². The van der Waals surface area contributed by atoms with Gasteiger partial charge < -0.3 is 10.5 Å². The van der Waals surface area contributed by atoms with Crippen molar-refractivity contribution >= 4 is 17.7 Å². The molecule has 0 aromatic rings. The fraction of sp³-hybridized carbons (Fsp3) is 0.750. The topological polar surface area (TPSA) is 86.5 Å². The number of ether oxygens (including phenoxy) is 1. The zero-order valence-electron chi connectivity index (χ0n) is 10.1. The fourth-order valence-electron chi connectivity index (χ4n) is 2.41. The Morgan fingerprint density at radius 1 is 1.35 bits per heavy atom. The fourth-order valence-corrected chi connectivity index (χ4v) is 2.41. The van der Waals surface area contributed by atoms with Gasteiger partial charge in [0, 0.05) is 25.7 Å². The molecular formula is C12H19NO4. The number of nitrogens with two attached hydrogens (primary N) is 1. The SMILES string of the molecule is COC(=O)CC1CC(=O)CC1CCCC(N)=O. The molecule has 1 aliphatic carbocycles. The number of ketones is 1. The van der Waals surface area contributed by atoms with Crippen molar-refractivity contribution in [2.45, 2.75) is 38.5 Å². The van der Waals surface area contributed by atoms with Crippen molar-refractivity contribution in [3.63, 3.8) is 0 Å². The molecule has 96 valence electrons. The number of hydrogen-bond acceptors (Lipinski definition) is 4. The summed E-state index contributed by atoms with van der Waals surface area (Å²) in [5.74, 6) is -0.129. The first-order valence-electron chi connectivity index (χ1n) is 5.89. The highest BCUT2D eigenvalue weighted by Crippen LogP contribution is 2.35. The van der Waals surface area contributed by atoms with Crippen molar-refractivity contribution in [2.24, 2.45) is 17.6 Å². The number of hydrogen-bond donors (Lipinski definition) is 1. The summed E-state index contributed by atoms with van der Waals surface area (Å²) in [7, 11) is 1.35. The van der Waals surface area contributed by atoms with Gasteiger partial charge in [0.1, 0.15) is 5.78 Å². The average Bonchev–Trinajstić information content (AvgIpc) is 2.58. The second kappa shape index (κ2) is 6.37. The number of primary amides is 1. The van der Waals surface area contributed by atoms with E-state index in [-0.39, 0.29) is 29.5 Å². The molecule has 2 unspecified atom stereocenters. The Morgan fingerprint density at radius 2 is 2.00 bits per heavy atom. The summed E-state index contributed by atoms with van der Waals surface area (Å²) in [4.78, 5) is 33.2. The lowest BCUT2D eigenvalue weighted by atomic mass is 9.88. The van der Waals surface area contributed by atoms with E-state index < -0.39 is 0 Å². The Hall–Kier alpha value is -1.39. The Morgan fingerprint density at radius 3 is 2.59 bits per heavy atom. The van der Waals surface area contributed by atoms with Crippen LogP contribution in [0.5, 0.6) is 0 Å². The van der Waals surface area contributed by atoms with Crippen LogP contribution in [0, 0.1) is 11.8 Å². The predicted octanol–water partition coefficient (Wildman–Crippen LogP) is 0.800. The zero-order valence-corrected chi connectivity index (χ0v) is 10.1. The minimum atomic E-state index is -0.321. The van der Waals surface area contributed by atoms with Crippen LogP contribution >= 0.6 is 0 Å². The lowest BCUT2D eigenvalue weighted by Crippen LogP contribution is -2.15. The van der Waals surface area contributed by atoms with Crippen LogP contribution in [0.15, 0.2) is 0 Å². The molecular weight excluding hydrogens is 222 g/mol. The Kier molecular flexibility index (Phi) is 5.12. The van der Waals surface area contributed by atoms with Gasteiger partial charge in [-0.15, -0.1) is 0 Å². The number of carbonyl (C=O) groups excluding carboxylic acids is 3. The number of amides is 1. The molecule has 5 nitrogen and oxygen atoms in total. The van der Waals surface area contributed by atoms with E-state index in [0.29, 0.717) is 32.1 Å². The summed E-state index contributed by atoms with van der Waals surface area (Å²) in [5, 5.41) is 0. The van der Waals surface area contributed by atoms with E-state index in [9.17, 15) is 14.4 Å². The van der Waals surface area contributed by atoms with Crippen molar-refractivity contribution in [1.82, 2.24) is 0 Å². The smallest absolute Gasteiger partial charge is 0.305 e. The third-order valence-corrected chi connectivity index (χ3v) is 3.30. The summed E-state index contributed by atoms with van der Waals surface area (Å²) in [6.07, 6.45) is 3.07. The van der Waals surface area contributed by atoms with Gasteiger partial charge in [-0.3, -0.25) is 14.4 Å². The van der Waals surface area contributed by atoms with E-state index in [1.807, 2.05) is 0 Å². The van der Waals surface area contributed by atoms with Gasteiger partial charge in [0.15, 0.2) is 0 Å². The summed E-state index contributed by atoms with van der Waals surface area (Å²) < 4.78 is 4.61.